The number of ketones is 2. The Morgan fingerprint density at radius 1 is 1.00 bits per heavy atom. The van der Waals surface area contributed by atoms with Gasteiger partial charge in [0, 0.05) is 10.6 Å². The fourth-order valence-electron chi connectivity index (χ4n) is 1.37. The zero-order valence-electron chi connectivity index (χ0n) is 7.74. The van der Waals surface area contributed by atoms with Crippen LogP contribution in [0, 0.1) is 0 Å². The van der Waals surface area contributed by atoms with Crippen LogP contribution in [0.4, 0.5) is 0 Å². The van der Waals surface area contributed by atoms with E-state index in [2.05, 4.69) is 0 Å². The first-order valence-electron chi connectivity index (χ1n) is 4.41. The van der Waals surface area contributed by atoms with Gasteiger partial charge in [0.15, 0.2) is 0 Å². The number of halogens is 1. The highest BCUT2D eigenvalue weighted by Gasteiger charge is 2.19. The van der Waals surface area contributed by atoms with E-state index in [1.807, 2.05) is 0 Å². The maximum Gasteiger partial charge on any atom is 0.233 e. The number of hydrogen-bond acceptors (Lipinski definition) is 2. The van der Waals surface area contributed by atoms with E-state index in [0.29, 0.717) is 16.2 Å². The second-order valence-electron chi connectivity index (χ2n) is 3.14. The number of hydrogen-bond donors (Lipinski definition) is 0. The van der Waals surface area contributed by atoms with Crippen LogP contribution in [0.3, 0.4) is 0 Å². The first-order valence-corrected chi connectivity index (χ1v) is 4.79. The smallest absolute Gasteiger partial charge is 0.233 e. The van der Waals surface area contributed by atoms with E-state index in [4.69, 9.17) is 11.6 Å². The van der Waals surface area contributed by atoms with Crippen molar-refractivity contribution in [2.24, 2.45) is 0 Å². The monoisotopic (exact) mass is 218 g/mol. The van der Waals surface area contributed by atoms with Crippen molar-refractivity contribution in [2.45, 2.75) is 0 Å². The Bertz CT molecular complexity index is 481. The fraction of sp³-hybridized carbons (Fsp3) is 0. The molecule has 1 aromatic carbocycles. The van der Waals surface area contributed by atoms with Crippen LogP contribution in [0.5, 0.6) is 0 Å². The van der Waals surface area contributed by atoms with Crippen molar-refractivity contribution < 1.29 is 9.59 Å². The second-order valence-corrected chi connectivity index (χ2v) is 3.58. The molecular weight excluding hydrogens is 212 g/mol. The number of carbonyl (C=O) groups excluding carboxylic acids is 2. The lowest BCUT2D eigenvalue weighted by atomic mass is 9.95. The summed E-state index contributed by atoms with van der Waals surface area (Å²) in [6.07, 6.45) is 4.47. The van der Waals surface area contributed by atoms with E-state index < -0.39 is 11.6 Å². The van der Waals surface area contributed by atoms with Crippen molar-refractivity contribution >= 4 is 28.7 Å². The molecule has 0 spiro atoms. The lowest BCUT2D eigenvalue weighted by Crippen LogP contribution is -2.15. The molecule has 0 saturated heterocycles. The van der Waals surface area contributed by atoms with E-state index in [1.54, 1.807) is 36.4 Å². The van der Waals surface area contributed by atoms with Crippen LogP contribution >= 0.6 is 11.6 Å². The van der Waals surface area contributed by atoms with Gasteiger partial charge in [-0.3, -0.25) is 9.59 Å². The molecule has 0 heterocycles. The molecule has 0 fully saturated rings. The third-order valence-electron chi connectivity index (χ3n) is 2.13. The number of rotatable bonds is 1. The first kappa shape index (κ1) is 9.87. The van der Waals surface area contributed by atoms with Crippen LogP contribution < -0.4 is 0 Å². The summed E-state index contributed by atoms with van der Waals surface area (Å²) in [4.78, 5) is 22.7. The van der Waals surface area contributed by atoms with Crippen LogP contribution in [-0.2, 0) is 9.59 Å². The summed E-state index contributed by atoms with van der Waals surface area (Å²) in [6.45, 7) is 0. The minimum Gasteiger partial charge on any atom is -0.286 e. The predicted octanol–water partition coefficient (Wildman–Crippen LogP) is 2.43. The number of carbonyl (C=O) groups is 2. The van der Waals surface area contributed by atoms with Crippen molar-refractivity contribution in [3.8, 4) is 0 Å². The summed E-state index contributed by atoms with van der Waals surface area (Å²) in [7, 11) is 0. The topological polar surface area (TPSA) is 34.1 Å². The zero-order chi connectivity index (χ0) is 10.8. The minimum absolute atomic E-state index is 0.416. The average molecular weight is 219 g/mol. The summed E-state index contributed by atoms with van der Waals surface area (Å²) in [5.74, 6) is -0.956. The van der Waals surface area contributed by atoms with Gasteiger partial charge in [-0.15, -0.1) is 0 Å². The van der Waals surface area contributed by atoms with Crippen LogP contribution in [0.1, 0.15) is 5.56 Å². The van der Waals surface area contributed by atoms with Crippen LogP contribution in [0.15, 0.2) is 42.5 Å². The van der Waals surface area contributed by atoms with Crippen molar-refractivity contribution in [3.05, 3.63) is 53.1 Å². The number of Topliss-reactive ketones (excluding diaryl/α,β-unsaturated/α-hetero) is 1. The fourth-order valence-corrected chi connectivity index (χ4v) is 1.50. The normalized spacial score (nSPS) is 15.4. The van der Waals surface area contributed by atoms with E-state index in [9.17, 15) is 9.59 Å². The molecule has 3 heteroatoms. The molecule has 0 bridgehead atoms. The van der Waals surface area contributed by atoms with Gasteiger partial charge in [0.05, 0.1) is 0 Å². The van der Waals surface area contributed by atoms with Gasteiger partial charge in [-0.05, 0) is 23.8 Å². The molecule has 74 valence electrons. The standard InChI is InChI=1S/C12H7ClO2/c13-9-6-4-8(5-7-9)10-2-1-3-11(14)12(10)15/h1-7H. The van der Waals surface area contributed by atoms with Crippen molar-refractivity contribution in [2.75, 3.05) is 0 Å². The van der Waals surface area contributed by atoms with Crippen LogP contribution in [0.2, 0.25) is 5.02 Å². The third kappa shape index (κ3) is 1.90. The van der Waals surface area contributed by atoms with E-state index in [1.165, 1.54) is 6.08 Å². The molecule has 15 heavy (non-hydrogen) atoms. The predicted molar refractivity (Wildman–Crippen MR) is 58.6 cm³/mol. The third-order valence-corrected chi connectivity index (χ3v) is 2.39. The molecule has 2 nitrogen and oxygen atoms in total. The van der Waals surface area contributed by atoms with Gasteiger partial charge in [0.2, 0.25) is 11.6 Å². The molecule has 0 atom stereocenters. The Morgan fingerprint density at radius 3 is 2.33 bits per heavy atom. The van der Waals surface area contributed by atoms with Crippen molar-refractivity contribution in [3.63, 3.8) is 0 Å². The van der Waals surface area contributed by atoms with Gasteiger partial charge in [0.25, 0.3) is 0 Å². The molecule has 0 saturated carbocycles. The highest BCUT2D eigenvalue weighted by molar-refractivity contribution is 6.57. The summed E-state index contributed by atoms with van der Waals surface area (Å²) >= 11 is 5.73. The molecule has 1 aliphatic carbocycles. The Hall–Kier alpha value is -1.67. The SMILES string of the molecule is O=C1C=CC=C(c2ccc(Cl)cc2)C1=O. The van der Waals surface area contributed by atoms with E-state index >= 15 is 0 Å². The van der Waals surface area contributed by atoms with Gasteiger partial charge >= 0.3 is 0 Å². The van der Waals surface area contributed by atoms with Gasteiger partial charge < -0.3 is 0 Å². The highest BCUT2D eigenvalue weighted by Crippen LogP contribution is 2.20. The lowest BCUT2D eigenvalue weighted by Gasteiger charge is -2.06. The summed E-state index contributed by atoms with van der Waals surface area (Å²) in [5.41, 5.74) is 1.13. The molecule has 1 aliphatic rings. The Morgan fingerprint density at radius 2 is 1.67 bits per heavy atom. The quantitative estimate of drug-likeness (QED) is 0.536. The van der Waals surface area contributed by atoms with Gasteiger partial charge in [-0.1, -0.05) is 35.9 Å². The minimum atomic E-state index is -0.484. The maximum atomic E-state index is 11.5. The summed E-state index contributed by atoms with van der Waals surface area (Å²) < 4.78 is 0. The Kier molecular flexibility index (Phi) is 2.52. The zero-order valence-corrected chi connectivity index (χ0v) is 8.49. The second kappa shape index (κ2) is 3.83. The Labute approximate surface area is 91.9 Å². The van der Waals surface area contributed by atoms with Gasteiger partial charge in [-0.25, -0.2) is 0 Å². The Balaban J connectivity index is 2.43. The molecule has 0 N–H and O–H groups in total. The largest absolute Gasteiger partial charge is 0.286 e. The van der Waals surface area contributed by atoms with E-state index in [0.717, 1.165) is 0 Å². The van der Waals surface area contributed by atoms with E-state index in [-0.39, 0.29) is 0 Å². The lowest BCUT2D eigenvalue weighted by molar-refractivity contribution is -0.130. The van der Waals surface area contributed by atoms with Crippen molar-refractivity contribution in [1.29, 1.82) is 0 Å². The maximum absolute atomic E-state index is 11.5. The first-order chi connectivity index (χ1) is 7.18. The van der Waals surface area contributed by atoms with Crippen molar-refractivity contribution in [1.82, 2.24) is 0 Å². The van der Waals surface area contributed by atoms with Crippen LogP contribution in [-0.4, -0.2) is 11.6 Å². The molecule has 0 unspecified atom stereocenters. The highest BCUT2D eigenvalue weighted by atomic mass is 35.5. The van der Waals surface area contributed by atoms with Gasteiger partial charge in [0.1, 0.15) is 0 Å². The number of allylic oxidation sites excluding steroid dienone is 4. The molecule has 0 aliphatic heterocycles. The number of benzene rings is 1. The average Bonchev–Trinajstić information content (AvgIpc) is 2.24. The molecular formula is C12H7ClO2. The molecule has 0 amide bonds. The molecule has 1 aromatic rings. The molecule has 0 aromatic heterocycles. The summed E-state index contributed by atoms with van der Waals surface area (Å²) in [5, 5.41) is 0.601. The summed E-state index contributed by atoms with van der Waals surface area (Å²) in [6, 6.07) is 6.82. The van der Waals surface area contributed by atoms with Crippen LogP contribution in [0.25, 0.3) is 5.57 Å². The van der Waals surface area contributed by atoms with Gasteiger partial charge in [-0.2, -0.15) is 0 Å². The molecule has 2 rings (SSSR count). The molecule has 0 radical (unpaired) electrons.